The molecule has 0 aliphatic rings. The van der Waals surface area contributed by atoms with Crippen LogP contribution in [-0.2, 0) is 0 Å². The number of benzene rings is 2. The summed E-state index contributed by atoms with van der Waals surface area (Å²) in [6, 6.07) is 15.6. The highest BCUT2D eigenvalue weighted by atomic mass is 79.9. The molecule has 0 saturated heterocycles. The second kappa shape index (κ2) is 7.31. The molecule has 3 nitrogen and oxygen atoms in total. The maximum Gasteiger partial charge on any atom is 0.133 e. The molecule has 0 bridgehead atoms. The second-order valence-corrected chi connectivity index (χ2v) is 5.34. The van der Waals surface area contributed by atoms with Crippen molar-refractivity contribution in [3.8, 4) is 11.5 Å². The zero-order valence-corrected chi connectivity index (χ0v) is 13.0. The molecule has 4 heteroatoms. The van der Waals surface area contributed by atoms with Gasteiger partial charge in [0.1, 0.15) is 24.7 Å². The molecule has 0 spiro atoms. The molecule has 0 radical (unpaired) electrons. The van der Waals surface area contributed by atoms with Gasteiger partial charge in [0, 0.05) is 6.04 Å². The van der Waals surface area contributed by atoms with Gasteiger partial charge in [0.2, 0.25) is 0 Å². The highest BCUT2D eigenvalue weighted by molar-refractivity contribution is 9.10. The molecular weight excluding hydrogens is 318 g/mol. The van der Waals surface area contributed by atoms with Gasteiger partial charge in [-0.2, -0.15) is 0 Å². The van der Waals surface area contributed by atoms with Crippen LogP contribution in [0.15, 0.2) is 53.0 Å². The zero-order valence-electron chi connectivity index (χ0n) is 11.4. The minimum Gasteiger partial charge on any atom is -0.490 e. The largest absolute Gasteiger partial charge is 0.490 e. The molecule has 2 aromatic rings. The minimum absolute atomic E-state index is 0.0155. The molecular formula is C16H18BrNO2. The first-order valence-electron chi connectivity index (χ1n) is 6.52. The number of hydrogen-bond donors (Lipinski definition) is 1. The van der Waals surface area contributed by atoms with E-state index in [2.05, 4.69) is 15.9 Å². The number of rotatable bonds is 6. The van der Waals surface area contributed by atoms with Crippen LogP contribution in [0.25, 0.3) is 0 Å². The number of nitrogens with two attached hydrogens (primary N) is 1. The summed E-state index contributed by atoms with van der Waals surface area (Å²) in [4.78, 5) is 0. The lowest BCUT2D eigenvalue weighted by Gasteiger charge is -2.12. The molecule has 0 fully saturated rings. The van der Waals surface area contributed by atoms with Crippen LogP contribution in [0.4, 0.5) is 0 Å². The maximum absolute atomic E-state index is 5.84. The Morgan fingerprint density at radius 3 is 2.40 bits per heavy atom. The predicted octanol–water partition coefficient (Wildman–Crippen LogP) is 3.93. The average Bonchev–Trinajstić information content (AvgIpc) is 2.46. The van der Waals surface area contributed by atoms with Crippen molar-refractivity contribution < 1.29 is 9.47 Å². The van der Waals surface area contributed by atoms with Crippen LogP contribution < -0.4 is 15.2 Å². The predicted molar refractivity (Wildman–Crippen MR) is 84.2 cm³/mol. The molecule has 0 heterocycles. The summed E-state index contributed by atoms with van der Waals surface area (Å²) >= 11 is 3.49. The quantitative estimate of drug-likeness (QED) is 0.813. The third-order valence-electron chi connectivity index (χ3n) is 2.83. The van der Waals surface area contributed by atoms with E-state index in [0.29, 0.717) is 13.2 Å². The number of hydrogen-bond acceptors (Lipinski definition) is 3. The smallest absolute Gasteiger partial charge is 0.133 e. The van der Waals surface area contributed by atoms with Gasteiger partial charge in [-0.3, -0.25) is 0 Å². The van der Waals surface area contributed by atoms with E-state index in [1.807, 2.05) is 55.5 Å². The third kappa shape index (κ3) is 4.25. The standard InChI is InChI=1S/C16H18BrNO2/c1-12(18)13-7-8-16(15(17)11-13)20-10-9-19-14-5-3-2-4-6-14/h2-8,11-12H,9-10,18H2,1H3/t12-/m1/s1. The Labute approximate surface area is 127 Å². The van der Waals surface area contributed by atoms with E-state index in [1.165, 1.54) is 0 Å². The average molecular weight is 336 g/mol. The van der Waals surface area contributed by atoms with Crippen LogP contribution in [0.5, 0.6) is 11.5 Å². The van der Waals surface area contributed by atoms with Gasteiger partial charge in [-0.05, 0) is 52.7 Å². The van der Waals surface area contributed by atoms with E-state index in [1.54, 1.807) is 0 Å². The first kappa shape index (κ1) is 14.9. The minimum atomic E-state index is 0.0155. The Morgan fingerprint density at radius 2 is 1.75 bits per heavy atom. The molecule has 0 aliphatic heterocycles. The van der Waals surface area contributed by atoms with Gasteiger partial charge >= 0.3 is 0 Å². The van der Waals surface area contributed by atoms with Crippen LogP contribution in [0, 0.1) is 0 Å². The van der Waals surface area contributed by atoms with Crippen LogP contribution in [0.2, 0.25) is 0 Å². The molecule has 0 unspecified atom stereocenters. The van der Waals surface area contributed by atoms with Crippen LogP contribution >= 0.6 is 15.9 Å². The van der Waals surface area contributed by atoms with Gasteiger partial charge in [-0.1, -0.05) is 24.3 Å². The SMILES string of the molecule is C[C@@H](N)c1ccc(OCCOc2ccccc2)c(Br)c1. The van der Waals surface area contributed by atoms with E-state index < -0.39 is 0 Å². The van der Waals surface area contributed by atoms with Crippen LogP contribution in [0.3, 0.4) is 0 Å². The summed E-state index contributed by atoms with van der Waals surface area (Å²) in [7, 11) is 0. The van der Waals surface area contributed by atoms with E-state index in [9.17, 15) is 0 Å². The van der Waals surface area contributed by atoms with Crippen molar-refractivity contribution in [3.05, 3.63) is 58.6 Å². The summed E-state index contributed by atoms with van der Waals surface area (Å²) in [5.41, 5.74) is 6.91. The lowest BCUT2D eigenvalue weighted by atomic mass is 10.1. The Kier molecular flexibility index (Phi) is 5.44. The topological polar surface area (TPSA) is 44.5 Å². The lowest BCUT2D eigenvalue weighted by molar-refractivity contribution is 0.216. The molecule has 20 heavy (non-hydrogen) atoms. The normalized spacial score (nSPS) is 11.9. The summed E-state index contributed by atoms with van der Waals surface area (Å²) in [6.45, 7) is 2.95. The molecule has 0 aromatic heterocycles. The van der Waals surface area contributed by atoms with E-state index in [-0.39, 0.29) is 6.04 Å². The van der Waals surface area contributed by atoms with Crippen LogP contribution in [-0.4, -0.2) is 13.2 Å². The molecule has 2 rings (SSSR count). The van der Waals surface area contributed by atoms with Crippen molar-refractivity contribution in [1.29, 1.82) is 0 Å². The molecule has 1 atom stereocenters. The number of halogens is 1. The fourth-order valence-corrected chi connectivity index (χ4v) is 2.26. The Hall–Kier alpha value is -1.52. The van der Waals surface area contributed by atoms with Crippen molar-refractivity contribution in [1.82, 2.24) is 0 Å². The third-order valence-corrected chi connectivity index (χ3v) is 3.45. The fraction of sp³-hybridized carbons (Fsp3) is 0.250. The number of para-hydroxylation sites is 1. The number of ether oxygens (including phenoxy) is 2. The monoisotopic (exact) mass is 335 g/mol. The second-order valence-electron chi connectivity index (χ2n) is 4.49. The Balaban J connectivity index is 1.82. The zero-order chi connectivity index (χ0) is 14.4. The summed E-state index contributed by atoms with van der Waals surface area (Å²) in [6.07, 6.45) is 0. The maximum atomic E-state index is 5.84. The Bertz CT molecular complexity index is 543. The molecule has 0 aliphatic carbocycles. The van der Waals surface area contributed by atoms with Crippen molar-refractivity contribution in [2.45, 2.75) is 13.0 Å². The molecule has 0 amide bonds. The van der Waals surface area contributed by atoms with E-state index >= 15 is 0 Å². The fourth-order valence-electron chi connectivity index (χ4n) is 1.75. The first-order valence-corrected chi connectivity index (χ1v) is 7.32. The van der Waals surface area contributed by atoms with Gasteiger partial charge in [-0.25, -0.2) is 0 Å². The molecule has 2 N–H and O–H groups in total. The summed E-state index contributed by atoms with van der Waals surface area (Å²) in [5.74, 6) is 1.65. The van der Waals surface area contributed by atoms with E-state index in [4.69, 9.17) is 15.2 Å². The van der Waals surface area contributed by atoms with Gasteiger partial charge in [0.05, 0.1) is 4.47 Å². The van der Waals surface area contributed by atoms with Gasteiger partial charge in [0.25, 0.3) is 0 Å². The van der Waals surface area contributed by atoms with Crippen LogP contribution in [0.1, 0.15) is 18.5 Å². The van der Waals surface area contributed by atoms with Crippen molar-refractivity contribution in [2.24, 2.45) is 5.73 Å². The van der Waals surface area contributed by atoms with Crippen molar-refractivity contribution in [3.63, 3.8) is 0 Å². The molecule has 0 saturated carbocycles. The highest BCUT2D eigenvalue weighted by Crippen LogP contribution is 2.27. The van der Waals surface area contributed by atoms with E-state index in [0.717, 1.165) is 21.5 Å². The van der Waals surface area contributed by atoms with Gasteiger partial charge < -0.3 is 15.2 Å². The van der Waals surface area contributed by atoms with Crippen molar-refractivity contribution >= 4 is 15.9 Å². The van der Waals surface area contributed by atoms with Crippen molar-refractivity contribution in [2.75, 3.05) is 13.2 Å². The first-order chi connectivity index (χ1) is 9.66. The highest BCUT2D eigenvalue weighted by Gasteiger charge is 2.05. The lowest BCUT2D eigenvalue weighted by Crippen LogP contribution is -2.10. The van der Waals surface area contributed by atoms with Gasteiger partial charge in [-0.15, -0.1) is 0 Å². The molecule has 2 aromatic carbocycles. The molecule has 106 valence electrons. The van der Waals surface area contributed by atoms with Gasteiger partial charge in [0.15, 0.2) is 0 Å². The summed E-state index contributed by atoms with van der Waals surface area (Å²) < 4.78 is 12.2. The summed E-state index contributed by atoms with van der Waals surface area (Å²) in [5, 5.41) is 0. The Morgan fingerprint density at radius 1 is 1.05 bits per heavy atom.